The van der Waals surface area contributed by atoms with Gasteiger partial charge >= 0.3 is 5.97 Å². The minimum Gasteiger partial charge on any atom is -0.460 e. The topological polar surface area (TPSA) is 66.0 Å². The van der Waals surface area contributed by atoms with Crippen LogP contribution in [0.1, 0.15) is 66.1 Å². The van der Waals surface area contributed by atoms with Gasteiger partial charge in [-0.15, -0.1) is 0 Å². The fourth-order valence-corrected chi connectivity index (χ4v) is 5.35. The van der Waals surface area contributed by atoms with Crippen LogP contribution in [0.2, 0.25) is 0 Å². The minimum atomic E-state index is -0.316. The third-order valence-electron chi connectivity index (χ3n) is 7.33. The Hall–Kier alpha value is -2.77. The fraction of sp³-hybridized carbons (Fsp3) is 0.469. The number of methoxy groups -OCH3 is 1. The number of hydrogen-bond acceptors (Lipinski definition) is 6. The van der Waals surface area contributed by atoms with Crippen molar-refractivity contribution in [3.05, 3.63) is 83.4 Å². The minimum absolute atomic E-state index is 0.226. The third kappa shape index (κ3) is 8.11. The van der Waals surface area contributed by atoms with Crippen LogP contribution < -0.4 is 5.32 Å². The van der Waals surface area contributed by atoms with Crippen molar-refractivity contribution in [2.75, 3.05) is 46.8 Å². The van der Waals surface area contributed by atoms with Crippen LogP contribution in [0.3, 0.4) is 0 Å². The molecule has 1 aliphatic rings. The van der Waals surface area contributed by atoms with E-state index in [0.717, 1.165) is 6.42 Å². The van der Waals surface area contributed by atoms with E-state index in [9.17, 15) is 4.79 Å². The lowest BCUT2D eigenvalue weighted by atomic mass is 9.81. The maximum Gasteiger partial charge on any atom is 0.338 e. The SMILES string of the molecule is COCCOCCOCCOC(=O)c1ccc(C2CCCC(N[C@H](C)c3cccc4ccccc34)C2)cc1. The first-order valence-corrected chi connectivity index (χ1v) is 13.8. The summed E-state index contributed by atoms with van der Waals surface area (Å²) in [5, 5.41) is 6.52. The maximum absolute atomic E-state index is 12.4. The first-order chi connectivity index (χ1) is 18.7. The summed E-state index contributed by atoms with van der Waals surface area (Å²) in [6.45, 7) is 4.93. The maximum atomic E-state index is 12.4. The Morgan fingerprint density at radius 3 is 2.37 bits per heavy atom. The highest BCUT2D eigenvalue weighted by molar-refractivity contribution is 5.89. The number of carbonyl (C=O) groups excluding carboxylic acids is 1. The molecule has 6 heteroatoms. The molecule has 204 valence electrons. The first-order valence-electron chi connectivity index (χ1n) is 13.8. The molecule has 3 atom stereocenters. The molecule has 0 amide bonds. The molecule has 3 aromatic carbocycles. The lowest BCUT2D eigenvalue weighted by Gasteiger charge is -2.32. The largest absolute Gasteiger partial charge is 0.460 e. The molecule has 0 saturated heterocycles. The lowest BCUT2D eigenvalue weighted by Crippen LogP contribution is -2.35. The Morgan fingerprint density at radius 1 is 0.868 bits per heavy atom. The predicted molar refractivity (Wildman–Crippen MR) is 151 cm³/mol. The molecule has 0 spiro atoms. The number of carbonyl (C=O) groups is 1. The van der Waals surface area contributed by atoms with Crippen LogP contribution in [0.4, 0.5) is 0 Å². The molecule has 1 fully saturated rings. The summed E-state index contributed by atoms with van der Waals surface area (Å²) in [6.07, 6.45) is 4.67. The molecule has 0 heterocycles. The lowest BCUT2D eigenvalue weighted by molar-refractivity contribution is 0.00570. The summed E-state index contributed by atoms with van der Waals surface area (Å²) in [5.74, 6) is 0.175. The van der Waals surface area contributed by atoms with Crippen LogP contribution in [0.15, 0.2) is 66.7 Å². The molecule has 0 aliphatic heterocycles. The standard InChI is InChI=1S/C32H41NO5/c1-24(30-12-6-8-26-7-3-4-11-31(26)30)33-29-10-5-9-28(23-29)25-13-15-27(16-14-25)32(34)38-22-21-37-20-19-36-18-17-35-2/h3-4,6-8,11-16,24,28-29,33H,5,9-10,17-23H2,1-2H3/t24-,28?,29?/m1/s1. The van der Waals surface area contributed by atoms with Gasteiger partial charge < -0.3 is 24.3 Å². The highest BCUT2D eigenvalue weighted by Crippen LogP contribution is 2.34. The molecule has 0 bridgehead atoms. The Labute approximate surface area is 226 Å². The van der Waals surface area contributed by atoms with Gasteiger partial charge in [-0.1, -0.05) is 61.0 Å². The van der Waals surface area contributed by atoms with Crippen LogP contribution in [0.25, 0.3) is 10.8 Å². The fourth-order valence-electron chi connectivity index (χ4n) is 5.35. The second kappa shape index (κ2) is 15.0. The Morgan fingerprint density at radius 2 is 1.58 bits per heavy atom. The molecule has 4 rings (SSSR count). The van der Waals surface area contributed by atoms with Crippen molar-refractivity contribution in [3.63, 3.8) is 0 Å². The highest BCUT2D eigenvalue weighted by atomic mass is 16.6. The molecule has 0 aromatic heterocycles. The normalized spacial score (nSPS) is 18.4. The van der Waals surface area contributed by atoms with E-state index < -0.39 is 0 Å². The monoisotopic (exact) mass is 519 g/mol. The van der Waals surface area contributed by atoms with E-state index in [1.807, 2.05) is 12.1 Å². The van der Waals surface area contributed by atoms with Crippen LogP contribution in [0, 0.1) is 0 Å². The highest BCUT2D eigenvalue weighted by Gasteiger charge is 2.25. The molecular weight excluding hydrogens is 478 g/mol. The predicted octanol–water partition coefficient (Wildman–Crippen LogP) is 6.05. The summed E-state index contributed by atoms with van der Waals surface area (Å²) in [7, 11) is 1.64. The van der Waals surface area contributed by atoms with Crippen LogP contribution >= 0.6 is 0 Å². The van der Waals surface area contributed by atoms with Crippen LogP contribution in [0.5, 0.6) is 0 Å². The van der Waals surface area contributed by atoms with Gasteiger partial charge in [0.15, 0.2) is 0 Å². The smallest absolute Gasteiger partial charge is 0.338 e. The zero-order valence-corrected chi connectivity index (χ0v) is 22.7. The Bertz CT molecular complexity index is 1130. The first kappa shape index (κ1) is 28.2. The van der Waals surface area contributed by atoms with Gasteiger partial charge in [0, 0.05) is 19.2 Å². The average molecular weight is 520 g/mol. The molecule has 3 aromatic rings. The number of rotatable bonds is 14. The van der Waals surface area contributed by atoms with Crippen molar-refractivity contribution in [2.24, 2.45) is 0 Å². The van der Waals surface area contributed by atoms with Gasteiger partial charge in [-0.3, -0.25) is 0 Å². The summed E-state index contributed by atoms with van der Waals surface area (Å²) < 4.78 is 21.0. The van der Waals surface area contributed by atoms with Crippen molar-refractivity contribution < 1.29 is 23.7 Å². The molecule has 6 nitrogen and oxygen atoms in total. The van der Waals surface area contributed by atoms with E-state index in [2.05, 4.69) is 66.8 Å². The van der Waals surface area contributed by atoms with Gasteiger partial charge in [0.05, 0.1) is 38.6 Å². The van der Waals surface area contributed by atoms with E-state index in [4.69, 9.17) is 18.9 Å². The molecule has 38 heavy (non-hydrogen) atoms. The molecule has 1 saturated carbocycles. The van der Waals surface area contributed by atoms with Gasteiger partial charge in [-0.25, -0.2) is 4.79 Å². The summed E-state index contributed by atoms with van der Waals surface area (Å²) in [5.41, 5.74) is 3.23. The van der Waals surface area contributed by atoms with Gasteiger partial charge in [0.1, 0.15) is 6.61 Å². The Balaban J connectivity index is 1.22. The van der Waals surface area contributed by atoms with E-state index in [1.54, 1.807) is 7.11 Å². The van der Waals surface area contributed by atoms with E-state index >= 15 is 0 Å². The quantitative estimate of drug-likeness (QED) is 0.207. The number of nitrogens with one attached hydrogen (secondary N) is 1. The van der Waals surface area contributed by atoms with Gasteiger partial charge in [-0.2, -0.15) is 0 Å². The number of ether oxygens (including phenoxy) is 4. The van der Waals surface area contributed by atoms with Crippen molar-refractivity contribution in [1.82, 2.24) is 5.32 Å². The van der Waals surface area contributed by atoms with Gasteiger partial charge in [0.25, 0.3) is 0 Å². The van der Waals surface area contributed by atoms with Crippen molar-refractivity contribution in [1.29, 1.82) is 0 Å². The second-order valence-corrected chi connectivity index (χ2v) is 9.99. The van der Waals surface area contributed by atoms with Crippen LogP contribution in [-0.4, -0.2) is 58.8 Å². The second-order valence-electron chi connectivity index (χ2n) is 9.99. The van der Waals surface area contributed by atoms with Crippen LogP contribution in [-0.2, 0) is 18.9 Å². The third-order valence-corrected chi connectivity index (χ3v) is 7.33. The van der Waals surface area contributed by atoms with E-state index in [-0.39, 0.29) is 18.6 Å². The summed E-state index contributed by atoms with van der Waals surface area (Å²) in [4.78, 5) is 12.4. The molecule has 1 aliphatic carbocycles. The zero-order chi connectivity index (χ0) is 26.6. The Kier molecular flexibility index (Phi) is 11.1. The number of fused-ring (bicyclic) bond motifs is 1. The molecule has 0 radical (unpaired) electrons. The molecule has 1 N–H and O–H groups in total. The van der Waals surface area contributed by atoms with Gasteiger partial charge in [0.2, 0.25) is 0 Å². The zero-order valence-electron chi connectivity index (χ0n) is 22.7. The molecular formula is C32H41NO5. The van der Waals surface area contributed by atoms with Crippen molar-refractivity contribution in [3.8, 4) is 0 Å². The summed E-state index contributed by atoms with van der Waals surface area (Å²) in [6, 6.07) is 23.9. The number of hydrogen-bond donors (Lipinski definition) is 1. The van der Waals surface area contributed by atoms with Crippen molar-refractivity contribution >= 4 is 16.7 Å². The average Bonchev–Trinajstić information content (AvgIpc) is 2.96. The van der Waals surface area contributed by atoms with Crippen molar-refractivity contribution in [2.45, 2.75) is 50.6 Å². The van der Waals surface area contributed by atoms with Gasteiger partial charge in [-0.05, 0) is 66.1 Å². The van der Waals surface area contributed by atoms with E-state index in [0.29, 0.717) is 50.6 Å². The number of benzene rings is 3. The van der Waals surface area contributed by atoms with E-state index in [1.165, 1.54) is 41.2 Å². The summed E-state index contributed by atoms with van der Waals surface area (Å²) >= 11 is 0. The molecule has 2 unspecified atom stereocenters. The number of esters is 1.